The molecule has 0 unspecified atom stereocenters. The molecule has 0 fully saturated rings. The molecule has 0 atom stereocenters. The second-order valence-electron chi connectivity index (χ2n) is 3.48. The summed E-state index contributed by atoms with van der Waals surface area (Å²) in [4.78, 5) is 0. The summed E-state index contributed by atoms with van der Waals surface area (Å²) >= 11 is 13.8. The van der Waals surface area contributed by atoms with Crippen LogP contribution in [0.25, 0.3) is 11.3 Å². The third-order valence-corrected chi connectivity index (χ3v) is 3.87. The molecule has 7 heteroatoms. The largest absolute Gasteiger partial charge is 0.376 e. The van der Waals surface area contributed by atoms with Crippen LogP contribution in [0.4, 0.5) is 5.00 Å². The van der Waals surface area contributed by atoms with Gasteiger partial charge >= 0.3 is 0 Å². The van der Waals surface area contributed by atoms with Gasteiger partial charge in [0.1, 0.15) is 4.34 Å². The summed E-state index contributed by atoms with van der Waals surface area (Å²) in [6, 6.07) is 1.96. The Kier molecular flexibility index (Phi) is 3.93. The van der Waals surface area contributed by atoms with Crippen molar-refractivity contribution in [3.63, 3.8) is 0 Å². The zero-order valence-electron chi connectivity index (χ0n) is 9.20. The molecule has 4 nitrogen and oxygen atoms in total. The molecule has 17 heavy (non-hydrogen) atoms. The van der Waals surface area contributed by atoms with Crippen molar-refractivity contribution in [3.05, 3.63) is 21.6 Å². The van der Waals surface area contributed by atoms with Gasteiger partial charge in [-0.25, -0.2) is 0 Å². The third-order valence-electron chi connectivity index (χ3n) is 2.28. The molecule has 2 heterocycles. The van der Waals surface area contributed by atoms with Gasteiger partial charge in [-0.2, -0.15) is 5.10 Å². The van der Waals surface area contributed by atoms with Crippen molar-refractivity contribution in [1.82, 2.24) is 9.78 Å². The van der Waals surface area contributed by atoms with E-state index in [0.29, 0.717) is 15.9 Å². The average molecular weight is 291 g/mol. The highest BCUT2D eigenvalue weighted by Crippen LogP contribution is 2.40. The molecular weight excluding hydrogens is 279 g/mol. The molecule has 92 valence electrons. The fraction of sp³-hybridized carbons (Fsp3) is 0.300. The summed E-state index contributed by atoms with van der Waals surface area (Å²) in [5.74, 6) is 0. The molecule has 0 aliphatic rings. The summed E-state index contributed by atoms with van der Waals surface area (Å²) in [6.07, 6.45) is 1.61. The lowest BCUT2D eigenvalue weighted by atomic mass is 10.2. The summed E-state index contributed by atoms with van der Waals surface area (Å²) in [7, 11) is 1.84. The Morgan fingerprint density at radius 1 is 1.53 bits per heavy atom. The molecular formula is C10H12Cl2N4S. The van der Waals surface area contributed by atoms with E-state index in [4.69, 9.17) is 28.9 Å². The van der Waals surface area contributed by atoms with E-state index in [-0.39, 0.29) is 0 Å². The summed E-state index contributed by atoms with van der Waals surface area (Å²) in [6.45, 7) is 1.30. The van der Waals surface area contributed by atoms with Crippen LogP contribution in [0.5, 0.6) is 0 Å². The topological polar surface area (TPSA) is 55.9 Å². The maximum Gasteiger partial charge on any atom is 0.104 e. The monoisotopic (exact) mass is 290 g/mol. The average Bonchev–Trinajstić information content (AvgIpc) is 2.80. The van der Waals surface area contributed by atoms with Gasteiger partial charge < -0.3 is 11.1 Å². The van der Waals surface area contributed by atoms with Crippen LogP contribution >= 0.6 is 34.5 Å². The van der Waals surface area contributed by atoms with Crippen molar-refractivity contribution >= 4 is 39.5 Å². The van der Waals surface area contributed by atoms with Crippen molar-refractivity contribution < 1.29 is 0 Å². The van der Waals surface area contributed by atoms with Crippen molar-refractivity contribution in [2.24, 2.45) is 12.8 Å². The lowest BCUT2D eigenvalue weighted by Gasteiger charge is -2.00. The van der Waals surface area contributed by atoms with Crippen LogP contribution in [0.2, 0.25) is 9.36 Å². The first-order chi connectivity index (χ1) is 8.13. The van der Waals surface area contributed by atoms with Gasteiger partial charge in [0, 0.05) is 25.7 Å². The first-order valence-corrected chi connectivity index (χ1v) is 6.62. The highest BCUT2D eigenvalue weighted by atomic mass is 35.5. The normalized spacial score (nSPS) is 10.8. The van der Waals surface area contributed by atoms with Gasteiger partial charge in [0.2, 0.25) is 0 Å². The fourth-order valence-electron chi connectivity index (χ4n) is 1.53. The number of anilines is 1. The van der Waals surface area contributed by atoms with E-state index in [0.717, 1.165) is 22.8 Å². The smallest absolute Gasteiger partial charge is 0.104 e. The zero-order chi connectivity index (χ0) is 12.4. The highest BCUT2D eigenvalue weighted by molar-refractivity contribution is 7.20. The number of hydrogen-bond donors (Lipinski definition) is 2. The summed E-state index contributed by atoms with van der Waals surface area (Å²) < 4.78 is 2.40. The molecule has 3 N–H and O–H groups in total. The van der Waals surface area contributed by atoms with Crippen molar-refractivity contribution in [1.29, 1.82) is 0 Å². The summed E-state index contributed by atoms with van der Waals surface area (Å²) in [5.41, 5.74) is 7.16. The van der Waals surface area contributed by atoms with E-state index >= 15 is 0 Å². The van der Waals surface area contributed by atoms with Gasteiger partial charge in [-0.15, -0.1) is 11.3 Å². The zero-order valence-corrected chi connectivity index (χ0v) is 11.5. The quantitative estimate of drug-likeness (QED) is 0.910. The van der Waals surface area contributed by atoms with Gasteiger partial charge in [0.25, 0.3) is 0 Å². The molecule has 0 amide bonds. The van der Waals surface area contributed by atoms with E-state index in [1.54, 1.807) is 10.9 Å². The molecule has 2 rings (SSSR count). The molecule has 0 aliphatic carbocycles. The molecule has 0 aliphatic heterocycles. The maximum absolute atomic E-state index is 6.21. The Bertz CT molecular complexity index is 501. The highest BCUT2D eigenvalue weighted by Gasteiger charge is 2.15. The third kappa shape index (κ3) is 2.57. The van der Waals surface area contributed by atoms with E-state index in [1.807, 2.05) is 13.1 Å². The van der Waals surface area contributed by atoms with Crippen LogP contribution in [0.15, 0.2) is 12.3 Å². The Balaban J connectivity index is 2.36. The van der Waals surface area contributed by atoms with Crippen LogP contribution < -0.4 is 11.1 Å². The van der Waals surface area contributed by atoms with Crippen LogP contribution in [-0.2, 0) is 7.05 Å². The van der Waals surface area contributed by atoms with Gasteiger partial charge in [-0.3, -0.25) is 4.68 Å². The van der Waals surface area contributed by atoms with E-state index in [1.165, 1.54) is 11.3 Å². The van der Waals surface area contributed by atoms with Crippen molar-refractivity contribution in [2.45, 2.75) is 0 Å². The first-order valence-electron chi connectivity index (χ1n) is 5.04. The molecule has 0 saturated carbocycles. The SMILES string of the molecule is Cn1ncc(Cl)c1-c1cc(NCCN)sc1Cl. The Labute approximate surface area is 113 Å². The number of thiophene rings is 1. The molecule has 0 aromatic carbocycles. The molecule has 0 spiro atoms. The van der Waals surface area contributed by atoms with Crippen LogP contribution in [0.3, 0.4) is 0 Å². The fourth-order valence-corrected chi connectivity index (χ4v) is 3.00. The predicted octanol–water partition coefficient (Wildman–Crippen LogP) is 2.83. The van der Waals surface area contributed by atoms with E-state index in [2.05, 4.69) is 10.4 Å². The maximum atomic E-state index is 6.21. The number of halogens is 2. The predicted molar refractivity (Wildman–Crippen MR) is 74.1 cm³/mol. The van der Waals surface area contributed by atoms with Gasteiger partial charge in [-0.05, 0) is 6.07 Å². The molecule has 2 aromatic heterocycles. The first kappa shape index (κ1) is 12.7. The number of nitrogens with two attached hydrogens (primary N) is 1. The van der Waals surface area contributed by atoms with Gasteiger partial charge in [-0.1, -0.05) is 23.2 Å². The van der Waals surface area contributed by atoms with Crippen LogP contribution in [0, 0.1) is 0 Å². The van der Waals surface area contributed by atoms with Gasteiger partial charge in [0.05, 0.1) is 21.9 Å². The molecule has 0 bridgehead atoms. The standard InChI is InChI=1S/C10H12Cl2N4S/c1-16-9(7(11)5-15-16)6-4-8(14-3-2-13)17-10(6)12/h4-5,14H,2-3,13H2,1H3. The van der Waals surface area contributed by atoms with E-state index in [9.17, 15) is 0 Å². The van der Waals surface area contributed by atoms with Crippen molar-refractivity contribution in [3.8, 4) is 11.3 Å². The Morgan fingerprint density at radius 2 is 2.29 bits per heavy atom. The number of nitrogens with one attached hydrogen (secondary N) is 1. The Hall–Kier alpha value is -0.750. The van der Waals surface area contributed by atoms with E-state index < -0.39 is 0 Å². The number of aromatic nitrogens is 2. The molecule has 0 radical (unpaired) electrons. The minimum atomic E-state index is 0.581. The molecule has 0 saturated heterocycles. The van der Waals surface area contributed by atoms with Crippen molar-refractivity contribution in [2.75, 3.05) is 18.4 Å². The second kappa shape index (κ2) is 5.27. The number of nitrogens with zero attached hydrogens (tertiary/aromatic N) is 2. The van der Waals surface area contributed by atoms with Crippen LogP contribution in [0.1, 0.15) is 0 Å². The number of rotatable bonds is 4. The Morgan fingerprint density at radius 3 is 2.88 bits per heavy atom. The lowest BCUT2D eigenvalue weighted by Crippen LogP contribution is -2.12. The number of aryl methyl sites for hydroxylation is 1. The number of hydrogen-bond acceptors (Lipinski definition) is 4. The summed E-state index contributed by atoms with van der Waals surface area (Å²) in [5, 5.41) is 8.86. The molecule has 2 aromatic rings. The van der Waals surface area contributed by atoms with Gasteiger partial charge in [0.15, 0.2) is 0 Å². The van der Waals surface area contributed by atoms with Crippen LogP contribution in [-0.4, -0.2) is 22.9 Å². The second-order valence-corrected chi connectivity index (χ2v) is 5.54. The minimum Gasteiger partial charge on any atom is -0.376 e. The minimum absolute atomic E-state index is 0.581. The lowest BCUT2D eigenvalue weighted by molar-refractivity contribution is 0.776.